The third-order valence-corrected chi connectivity index (χ3v) is 5.06. The first-order valence-corrected chi connectivity index (χ1v) is 8.79. The number of piperidine rings is 1. The van der Waals surface area contributed by atoms with Gasteiger partial charge in [0.1, 0.15) is 4.34 Å². The zero-order chi connectivity index (χ0) is 15.5. The molecule has 0 radical (unpaired) electrons. The zero-order valence-electron chi connectivity index (χ0n) is 12.4. The number of likely N-dealkylation sites (tertiary alicyclic amines) is 1. The maximum absolute atomic E-state index is 12.1. The average Bonchev–Trinajstić information content (AvgIpc) is 3.16. The van der Waals surface area contributed by atoms with Gasteiger partial charge in [-0.25, -0.2) is 0 Å². The minimum atomic E-state index is 0.119. The molecule has 5 nitrogen and oxygen atoms in total. The van der Waals surface area contributed by atoms with E-state index < -0.39 is 0 Å². The number of rotatable bonds is 4. The second kappa shape index (κ2) is 6.79. The number of hydrogen-bond donors (Lipinski definition) is 0. The van der Waals surface area contributed by atoms with Crippen LogP contribution in [0.4, 0.5) is 0 Å². The Bertz CT molecular complexity index is 655. The number of aromatic nitrogens is 2. The van der Waals surface area contributed by atoms with Gasteiger partial charge in [-0.2, -0.15) is 4.98 Å². The van der Waals surface area contributed by atoms with Gasteiger partial charge in [-0.15, -0.1) is 11.3 Å². The van der Waals surface area contributed by atoms with Gasteiger partial charge >= 0.3 is 0 Å². The van der Waals surface area contributed by atoms with Crippen LogP contribution >= 0.6 is 22.9 Å². The van der Waals surface area contributed by atoms with Crippen LogP contribution in [0.3, 0.4) is 0 Å². The number of carbonyl (C=O) groups is 1. The third kappa shape index (κ3) is 3.17. The molecule has 1 unspecified atom stereocenters. The van der Waals surface area contributed by atoms with Crippen molar-refractivity contribution in [2.24, 2.45) is 0 Å². The summed E-state index contributed by atoms with van der Waals surface area (Å²) in [5.41, 5.74) is 0.802. The quantitative estimate of drug-likeness (QED) is 0.846. The van der Waals surface area contributed by atoms with Crippen molar-refractivity contribution in [2.75, 3.05) is 13.1 Å². The molecule has 2 aromatic rings. The predicted molar refractivity (Wildman–Crippen MR) is 86.1 cm³/mol. The molecule has 1 atom stereocenters. The summed E-state index contributed by atoms with van der Waals surface area (Å²) in [4.78, 5) is 18.5. The van der Waals surface area contributed by atoms with E-state index in [-0.39, 0.29) is 11.8 Å². The van der Waals surface area contributed by atoms with Gasteiger partial charge in [0.05, 0.1) is 11.5 Å². The number of nitrogens with zero attached hydrogens (tertiary/aromatic N) is 3. The summed E-state index contributed by atoms with van der Waals surface area (Å²) >= 11 is 7.56. The van der Waals surface area contributed by atoms with Gasteiger partial charge < -0.3 is 9.42 Å². The Morgan fingerprint density at radius 3 is 3.18 bits per heavy atom. The van der Waals surface area contributed by atoms with Crippen LogP contribution in [-0.4, -0.2) is 34.0 Å². The molecular weight excluding hydrogens is 322 g/mol. The second-order valence-electron chi connectivity index (χ2n) is 5.49. The highest BCUT2D eigenvalue weighted by Gasteiger charge is 2.28. The Balaban J connectivity index is 1.73. The molecule has 118 valence electrons. The van der Waals surface area contributed by atoms with E-state index in [9.17, 15) is 4.79 Å². The average molecular weight is 340 g/mol. The lowest BCUT2D eigenvalue weighted by Crippen LogP contribution is -2.39. The number of thiophene rings is 1. The standard InChI is InChI=1S/C15H18ClN3O2S/c1-2-4-12(20)19-7-3-5-10(9-19)15-17-14(18-21-15)11-6-8-22-13(11)16/h6,8,10H,2-5,7,9H2,1H3. The highest BCUT2D eigenvalue weighted by Crippen LogP contribution is 2.33. The number of carbonyl (C=O) groups excluding carboxylic acids is 1. The molecule has 2 aromatic heterocycles. The molecule has 3 heterocycles. The van der Waals surface area contributed by atoms with Crippen molar-refractivity contribution in [3.05, 3.63) is 21.7 Å². The Kier molecular flexibility index (Phi) is 4.78. The summed E-state index contributed by atoms with van der Waals surface area (Å²) in [6.45, 7) is 3.51. The molecule has 0 bridgehead atoms. The number of amides is 1. The van der Waals surface area contributed by atoms with E-state index in [2.05, 4.69) is 10.1 Å². The Hall–Kier alpha value is -1.40. The highest BCUT2D eigenvalue weighted by molar-refractivity contribution is 7.15. The van der Waals surface area contributed by atoms with Gasteiger partial charge in [-0.1, -0.05) is 23.7 Å². The maximum Gasteiger partial charge on any atom is 0.231 e. The molecule has 0 saturated carbocycles. The predicted octanol–water partition coefficient (Wildman–Crippen LogP) is 3.96. The summed E-state index contributed by atoms with van der Waals surface area (Å²) in [5.74, 6) is 1.46. The summed E-state index contributed by atoms with van der Waals surface area (Å²) in [7, 11) is 0. The second-order valence-corrected chi connectivity index (χ2v) is 7.01. The van der Waals surface area contributed by atoms with Crippen molar-refractivity contribution in [1.29, 1.82) is 0 Å². The molecule has 7 heteroatoms. The zero-order valence-corrected chi connectivity index (χ0v) is 14.0. The van der Waals surface area contributed by atoms with Gasteiger partial charge in [-0.3, -0.25) is 4.79 Å². The van der Waals surface area contributed by atoms with Crippen LogP contribution in [-0.2, 0) is 4.79 Å². The number of hydrogen-bond acceptors (Lipinski definition) is 5. The molecular formula is C15H18ClN3O2S. The largest absolute Gasteiger partial charge is 0.342 e. The molecule has 3 rings (SSSR count). The number of halogens is 1. The first kappa shape index (κ1) is 15.5. The Morgan fingerprint density at radius 2 is 2.45 bits per heavy atom. The van der Waals surface area contributed by atoms with E-state index >= 15 is 0 Å². The van der Waals surface area contributed by atoms with Crippen LogP contribution in [0.25, 0.3) is 11.4 Å². The lowest BCUT2D eigenvalue weighted by Gasteiger charge is -2.31. The third-order valence-electron chi connectivity index (χ3n) is 3.89. The Morgan fingerprint density at radius 1 is 1.59 bits per heavy atom. The monoisotopic (exact) mass is 339 g/mol. The topological polar surface area (TPSA) is 59.2 Å². The first-order valence-electron chi connectivity index (χ1n) is 7.53. The lowest BCUT2D eigenvalue weighted by atomic mass is 9.97. The van der Waals surface area contributed by atoms with Crippen molar-refractivity contribution in [3.63, 3.8) is 0 Å². The van der Waals surface area contributed by atoms with E-state index in [1.54, 1.807) is 0 Å². The minimum absolute atomic E-state index is 0.119. The molecule has 1 fully saturated rings. The summed E-state index contributed by atoms with van der Waals surface area (Å²) < 4.78 is 6.08. The molecule has 0 aromatic carbocycles. The fourth-order valence-electron chi connectivity index (χ4n) is 2.74. The van der Waals surface area contributed by atoms with Crippen LogP contribution in [0, 0.1) is 0 Å². The molecule has 0 spiro atoms. The van der Waals surface area contributed by atoms with Gasteiger partial charge in [0.2, 0.25) is 17.6 Å². The molecule has 0 N–H and O–H groups in total. The summed E-state index contributed by atoms with van der Waals surface area (Å²) in [6, 6.07) is 1.89. The molecule has 1 aliphatic rings. The first-order chi connectivity index (χ1) is 10.7. The summed E-state index contributed by atoms with van der Waals surface area (Å²) in [6.07, 6.45) is 3.42. The van der Waals surface area contributed by atoms with Crippen LogP contribution < -0.4 is 0 Å². The van der Waals surface area contributed by atoms with Crippen LogP contribution in [0.5, 0.6) is 0 Å². The molecule has 1 amide bonds. The van der Waals surface area contributed by atoms with E-state index in [0.29, 0.717) is 29.0 Å². The van der Waals surface area contributed by atoms with Crippen molar-refractivity contribution in [3.8, 4) is 11.4 Å². The van der Waals surface area contributed by atoms with Crippen molar-refractivity contribution in [2.45, 2.75) is 38.5 Å². The molecule has 1 saturated heterocycles. The van der Waals surface area contributed by atoms with Crippen LogP contribution in [0.15, 0.2) is 16.0 Å². The van der Waals surface area contributed by atoms with Crippen LogP contribution in [0.2, 0.25) is 4.34 Å². The van der Waals surface area contributed by atoms with E-state index in [0.717, 1.165) is 31.4 Å². The van der Waals surface area contributed by atoms with Crippen molar-refractivity contribution < 1.29 is 9.32 Å². The molecule has 0 aliphatic carbocycles. The maximum atomic E-state index is 12.1. The molecule has 22 heavy (non-hydrogen) atoms. The fourth-order valence-corrected chi connectivity index (χ4v) is 3.65. The fraction of sp³-hybridized carbons (Fsp3) is 0.533. The lowest BCUT2D eigenvalue weighted by molar-refractivity contribution is -0.132. The normalized spacial score (nSPS) is 18.6. The van der Waals surface area contributed by atoms with Gasteiger partial charge in [0, 0.05) is 19.5 Å². The van der Waals surface area contributed by atoms with Gasteiger partial charge in [0.25, 0.3) is 0 Å². The van der Waals surface area contributed by atoms with E-state index in [1.807, 2.05) is 23.3 Å². The summed E-state index contributed by atoms with van der Waals surface area (Å²) in [5, 5.41) is 5.94. The van der Waals surface area contributed by atoms with Gasteiger partial charge in [-0.05, 0) is 30.7 Å². The van der Waals surface area contributed by atoms with Gasteiger partial charge in [0.15, 0.2) is 0 Å². The van der Waals surface area contributed by atoms with E-state index in [4.69, 9.17) is 16.1 Å². The highest BCUT2D eigenvalue weighted by atomic mass is 35.5. The SMILES string of the molecule is CCCC(=O)N1CCCC(c2nc(-c3ccsc3Cl)no2)C1. The van der Waals surface area contributed by atoms with Crippen molar-refractivity contribution >= 4 is 28.8 Å². The Labute approximate surface area is 138 Å². The minimum Gasteiger partial charge on any atom is -0.342 e. The van der Waals surface area contributed by atoms with E-state index in [1.165, 1.54) is 11.3 Å². The smallest absolute Gasteiger partial charge is 0.231 e. The molecule has 1 aliphatic heterocycles. The van der Waals surface area contributed by atoms with Crippen LogP contribution in [0.1, 0.15) is 44.4 Å². The van der Waals surface area contributed by atoms with Crippen molar-refractivity contribution in [1.82, 2.24) is 15.0 Å².